The Morgan fingerprint density at radius 2 is 0.947 bits per heavy atom. The molecule has 0 bridgehead atoms. The number of hydrogen-bond acceptors (Lipinski definition) is 2. The van der Waals surface area contributed by atoms with Crippen molar-refractivity contribution >= 4 is 57.2 Å². The molecule has 0 N–H and O–H groups in total. The molecule has 2 saturated carbocycles. The van der Waals surface area contributed by atoms with Crippen LogP contribution in [0.25, 0.3) is 22.3 Å². The average molecular weight is 733 g/mol. The van der Waals surface area contributed by atoms with E-state index in [1.165, 1.54) is 137 Å². The molecule has 2 spiro atoms. The molecule has 0 saturated heterocycles. The van der Waals surface area contributed by atoms with Crippen molar-refractivity contribution in [1.82, 2.24) is 0 Å². The molecule has 2 nitrogen and oxygen atoms in total. The molecule has 7 aromatic rings. The molecule has 0 unspecified atom stereocenters. The van der Waals surface area contributed by atoms with Gasteiger partial charge in [0.1, 0.15) is 0 Å². The Morgan fingerprint density at radius 3 is 1.63 bits per heavy atom. The van der Waals surface area contributed by atoms with Crippen LogP contribution in [-0.4, -0.2) is 6.71 Å². The number of fused-ring (bicyclic) bond motifs is 15. The van der Waals surface area contributed by atoms with Crippen molar-refractivity contribution in [2.75, 3.05) is 9.80 Å². The van der Waals surface area contributed by atoms with Crippen LogP contribution in [0.15, 0.2) is 152 Å². The molecule has 6 aliphatic rings. The van der Waals surface area contributed by atoms with E-state index < -0.39 is 0 Å². The highest BCUT2D eigenvalue weighted by Gasteiger charge is 2.51. The predicted octanol–water partition coefficient (Wildman–Crippen LogP) is 12.2. The predicted molar refractivity (Wildman–Crippen MR) is 239 cm³/mol. The minimum atomic E-state index is 0.0805. The maximum absolute atomic E-state index is 2.67. The molecule has 2 aliphatic heterocycles. The van der Waals surface area contributed by atoms with E-state index in [1.807, 2.05) is 0 Å². The van der Waals surface area contributed by atoms with E-state index in [1.54, 1.807) is 22.3 Å². The topological polar surface area (TPSA) is 6.48 Å². The number of hydrogen-bond donors (Lipinski definition) is 0. The number of rotatable bonds is 2. The lowest BCUT2D eigenvalue weighted by molar-refractivity contribution is 0.353. The highest BCUT2D eigenvalue weighted by atomic mass is 15.2. The number of nitrogens with zero attached hydrogens (tertiary/aromatic N) is 2. The van der Waals surface area contributed by atoms with Crippen molar-refractivity contribution in [2.24, 2.45) is 0 Å². The third kappa shape index (κ3) is 4.17. The smallest absolute Gasteiger partial charge is 0.252 e. The summed E-state index contributed by atoms with van der Waals surface area (Å²) >= 11 is 0. The van der Waals surface area contributed by atoms with E-state index in [0.29, 0.717) is 0 Å². The Kier molecular flexibility index (Phi) is 6.73. The summed E-state index contributed by atoms with van der Waals surface area (Å²) in [5.74, 6) is 0. The van der Waals surface area contributed by atoms with E-state index in [2.05, 4.69) is 161 Å². The Hall–Kier alpha value is -5.80. The summed E-state index contributed by atoms with van der Waals surface area (Å²) in [7, 11) is 0. The number of anilines is 6. The first-order valence-corrected chi connectivity index (χ1v) is 21.7. The minimum Gasteiger partial charge on any atom is -0.311 e. The van der Waals surface area contributed by atoms with Crippen LogP contribution >= 0.6 is 0 Å². The van der Waals surface area contributed by atoms with E-state index in [0.717, 1.165) is 0 Å². The number of para-hydroxylation sites is 2. The van der Waals surface area contributed by atoms with Crippen molar-refractivity contribution < 1.29 is 0 Å². The maximum atomic E-state index is 2.67. The van der Waals surface area contributed by atoms with Crippen LogP contribution in [0.5, 0.6) is 0 Å². The van der Waals surface area contributed by atoms with Gasteiger partial charge in [0.05, 0.1) is 0 Å². The van der Waals surface area contributed by atoms with E-state index >= 15 is 0 Å². The molecule has 0 atom stereocenters. The Labute approximate surface area is 336 Å². The van der Waals surface area contributed by atoms with Gasteiger partial charge in [-0.2, -0.15) is 0 Å². The Morgan fingerprint density at radius 1 is 0.386 bits per heavy atom. The van der Waals surface area contributed by atoms with Gasteiger partial charge in [0.15, 0.2) is 0 Å². The molecule has 3 heteroatoms. The summed E-state index contributed by atoms with van der Waals surface area (Å²) in [5, 5.41) is 0. The fourth-order valence-corrected chi connectivity index (χ4v) is 13.0. The second kappa shape index (κ2) is 11.9. The number of benzene rings is 7. The molecule has 2 heterocycles. The third-order valence-electron chi connectivity index (χ3n) is 15.2. The highest BCUT2D eigenvalue weighted by Crippen LogP contribution is 2.61. The van der Waals surface area contributed by atoms with Gasteiger partial charge in [-0.3, -0.25) is 0 Å². The summed E-state index contributed by atoms with van der Waals surface area (Å²) in [6, 6.07) is 58.9. The first kappa shape index (κ1) is 32.3. The fraction of sp³-hybridized carbons (Fsp3) is 0.222. The molecular formula is C54H45BN2. The third-order valence-corrected chi connectivity index (χ3v) is 15.2. The van der Waals surface area contributed by atoms with E-state index in [-0.39, 0.29) is 17.5 Å². The molecule has 4 aliphatic carbocycles. The van der Waals surface area contributed by atoms with E-state index in [4.69, 9.17) is 0 Å². The quantitative estimate of drug-likeness (QED) is 0.163. The van der Waals surface area contributed by atoms with Gasteiger partial charge in [-0.05, 0) is 123 Å². The largest absolute Gasteiger partial charge is 0.311 e. The highest BCUT2D eigenvalue weighted by molar-refractivity contribution is 7.00. The molecule has 13 rings (SSSR count). The van der Waals surface area contributed by atoms with Gasteiger partial charge in [-0.1, -0.05) is 148 Å². The zero-order valence-electron chi connectivity index (χ0n) is 32.5. The molecule has 0 radical (unpaired) electrons. The van der Waals surface area contributed by atoms with Crippen LogP contribution in [0.2, 0.25) is 0 Å². The second-order valence-corrected chi connectivity index (χ2v) is 17.7. The van der Waals surface area contributed by atoms with Crippen molar-refractivity contribution in [2.45, 2.75) is 75.0 Å². The lowest BCUT2D eigenvalue weighted by atomic mass is 9.33. The van der Waals surface area contributed by atoms with Gasteiger partial charge in [0.2, 0.25) is 0 Å². The Bertz CT molecular complexity index is 2760. The van der Waals surface area contributed by atoms with Gasteiger partial charge < -0.3 is 9.80 Å². The summed E-state index contributed by atoms with van der Waals surface area (Å²) in [4.78, 5) is 5.26. The van der Waals surface area contributed by atoms with Crippen LogP contribution in [-0.2, 0) is 10.8 Å². The first-order valence-electron chi connectivity index (χ1n) is 21.7. The molecule has 0 amide bonds. The molecule has 0 aromatic heterocycles. The summed E-state index contributed by atoms with van der Waals surface area (Å²) in [6.07, 6.45) is 12.8. The first-order chi connectivity index (χ1) is 28.3. The zero-order valence-corrected chi connectivity index (χ0v) is 32.5. The van der Waals surface area contributed by atoms with Crippen LogP contribution in [0.1, 0.15) is 86.5 Å². The van der Waals surface area contributed by atoms with Crippen LogP contribution in [0, 0.1) is 0 Å². The molecule has 2 fully saturated rings. The minimum absolute atomic E-state index is 0.0805. The standard InChI is InChI=1S/C54H45BN2/c1-5-18-36(19-6-1)56-47-26-17-27-48-51(47)55(46-34-40-38-22-9-11-24-41(38)54(32-15-4-16-33-54)44(40)35-49(46)56)45-29-28-43-50(52(45)57(48)37-20-7-2-8-21-37)39-23-10-12-25-42(39)53(43)30-13-3-14-31-53/h1-2,5-12,17-29,34-35H,3-4,13-16,30-33H2. The van der Waals surface area contributed by atoms with Crippen molar-refractivity contribution in [3.05, 3.63) is 174 Å². The lowest BCUT2D eigenvalue weighted by Crippen LogP contribution is -2.61. The lowest BCUT2D eigenvalue weighted by Gasteiger charge is -2.45. The van der Waals surface area contributed by atoms with Crippen LogP contribution < -0.4 is 26.2 Å². The second-order valence-electron chi connectivity index (χ2n) is 17.7. The van der Waals surface area contributed by atoms with Crippen molar-refractivity contribution in [3.63, 3.8) is 0 Å². The normalized spacial score (nSPS) is 18.4. The van der Waals surface area contributed by atoms with Gasteiger partial charge >= 0.3 is 0 Å². The van der Waals surface area contributed by atoms with Crippen molar-refractivity contribution in [3.8, 4) is 22.3 Å². The fourth-order valence-electron chi connectivity index (χ4n) is 13.0. The summed E-state index contributed by atoms with van der Waals surface area (Å²) in [6.45, 7) is 0.0851. The zero-order chi connectivity index (χ0) is 37.3. The summed E-state index contributed by atoms with van der Waals surface area (Å²) in [5.41, 5.74) is 24.2. The SMILES string of the molecule is c1ccc(N2c3cc4c(cc3B3c5ccc6c(c5N(c5ccccc5)c5cccc2c53)-c2ccccc2C62CCCCC2)-c2ccccc2C42CCCCC2)cc1. The molecule has 274 valence electrons. The maximum Gasteiger partial charge on any atom is 0.252 e. The van der Waals surface area contributed by atoms with Crippen molar-refractivity contribution in [1.29, 1.82) is 0 Å². The summed E-state index contributed by atoms with van der Waals surface area (Å²) < 4.78 is 0. The van der Waals surface area contributed by atoms with Crippen LogP contribution in [0.4, 0.5) is 34.1 Å². The van der Waals surface area contributed by atoms with E-state index in [9.17, 15) is 0 Å². The monoisotopic (exact) mass is 732 g/mol. The average Bonchev–Trinajstić information content (AvgIpc) is 3.69. The molecular weight excluding hydrogens is 687 g/mol. The van der Waals surface area contributed by atoms with Crippen LogP contribution in [0.3, 0.4) is 0 Å². The molecule has 57 heavy (non-hydrogen) atoms. The van der Waals surface area contributed by atoms with Gasteiger partial charge in [0.25, 0.3) is 6.71 Å². The molecule has 7 aromatic carbocycles. The van der Waals surface area contributed by atoms with Gasteiger partial charge in [-0.15, -0.1) is 0 Å². The van der Waals surface area contributed by atoms with Gasteiger partial charge in [0, 0.05) is 50.5 Å². The Balaban J connectivity index is 1.15. The van der Waals surface area contributed by atoms with Gasteiger partial charge in [-0.25, -0.2) is 0 Å².